The van der Waals surface area contributed by atoms with Gasteiger partial charge in [0.25, 0.3) is 0 Å². The summed E-state index contributed by atoms with van der Waals surface area (Å²) in [5.74, 6) is 0.382. The SMILES string of the molecule is Nc1nnc(-c2ccc(Cl)cc2)cc1Br. The van der Waals surface area contributed by atoms with E-state index in [2.05, 4.69) is 26.1 Å². The van der Waals surface area contributed by atoms with Gasteiger partial charge in [0, 0.05) is 10.6 Å². The van der Waals surface area contributed by atoms with E-state index < -0.39 is 0 Å². The molecule has 0 saturated heterocycles. The molecular weight excluding hydrogens is 277 g/mol. The summed E-state index contributed by atoms with van der Waals surface area (Å²) in [4.78, 5) is 0. The predicted octanol–water partition coefficient (Wildman–Crippen LogP) is 3.14. The molecule has 0 radical (unpaired) electrons. The Bertz CT molecular complexity index is 485. The zero-order chi connectivity index (χ0) is 10.8. The van der Waals surface area contributed by atoms with Gasteiger partial charge in [-0.25, -0.2) is 0 Å². The molecule has 0 spiro atoms. The molecule has 2 aromatic rings. The van der Waals surface area contributed by atoms with Crippen LogP contribution in [0, 0.1) is 0 Å². The number of rotatable bonds is 1. The average molecular weight is 285 g/mol. The van der Waals surface area contributed by atoms with Gasteiger partial charge >= 0.3 is 0 Å². The highest BCUT2D eigenvalue weighted by Crippen LogP contribution is 2.24. The minimum atomic E-state index is 0.382. The summed E-state index contributed by atoms with van der Waals surface area (Å²) in [5, 5.41) is 8.51. The van der Waals surface area contributed by atoms with E-state index in [1.54, 1.807) is 0 Å². The molecule has 0 aliphatic carbocycles. The van der Waals surface area contributed by atoms with E-state index in [1.165, 1.54) is 0 Å². The van der Waals surface area contributed by atoms with E-state index in [1.807, 2.05) is 30.3 Å². The molecule has 0 aliphatic rings. The maximum absolute atomic E-state index is 5.79. The molecular formula is C10H7BrClN3. The van der Waals surface area contributed by atoms with Crippen LogP contribution in [0.2, 0.25) is 5.02 Å². The van der Waals surface area contributed by atoms with Crippen molar-refractivity contribution in [3.05, 3.63) is 39.8 Å². The highest BCUT2D eigenvalue weighted by atomic mass is 79.9. The van der Waals surface area contributed by atoms with Crippen LogP contribution in [0.5, 0.6) is 0 Å². The number of nitrogen functional groups attached to an aromatic ring is 1. The van der Waals surface area contributed by atoms with Crippen molar-refractivity contribution in [1.29, 1.82) is 0 Å². The molecule has 1 heterocycles. The zero-order valence-electron chi connectivity index (χ0n) is 7.61. The molecule has 0 amide bonds. The number of nitrogens with two attached hydrogens (primary N) is 1. The molecule has 2 rings (SSSR count). The van der Waals surface area contributed by atoms with Crippen molar-refractivity contribution in [2.45, 2.75) is 0 Å². The lowest BCUT2D eigenvalue weighted by Crippen LogP contribution is -1.95. The van der Waals surface area contributed by atoms with Crippen LogP contribution in [0.1, 0.15) is 0 Å². The van der Waals surface area contributed by atoms with Crippen molar-refractivity contribution in [2.75, 3.05) is 5.73 Å². The standard InChI is InChI=1S/C10H7BrClN3/c11-8-5-9(14-15-10(8)13)6-1-3-7(12)4-2-6/h1-5H,(H2,13,15). The van der Waals surface area contributed by atoms with Crippen LogP contribution in [-0.2, 0) is 0 Å². The smallest absolute Gasteiger partial charge is 0.160 e. The Morgan fingerprint density at radius 3 is 2.40 bits per heavy atom. The van der Waals surface area contributed by atoms with E-state index in [4.69, 9.17) is 17.3 Å². The topological polar surface area (TPSA) is 51.8 Å². The maximum atomic E-state index is 5.79. The van der Waals surface area contributed by atoms with Gasteiger partial charge < -0.3 is 5.73 Å². The van der Waals surface area contributed by atoms with Gasteiger partial charge in [-0.1, -0.05) is 23.7 Å². The van der Waals surface area contributed by atoms with Crippen LogP contribution in [0.15, 0.2) is 34.8 Å². The van der Waals surface area contributed by atoms with Crippen LogP contribution in [0.3, 0.4) is 0 Å². The molecule has 3 nitrogen and oxygen atoms in total. The largest absolute Gasteiger partial charge is 0.381 e. The van der Waals surface area contributed by atoms with Crippen molar-refractivity contribution in [1.82, 2.24) is 10.2 Å². The average Bonchev–Trinajstić information content (AvgIpc) is 2.23. The third-order valence-electron chi connectivity index (χ3n) is 1.91. The molecule has 0 aliphatic heterocycles. The lowest BCUT2D eigenvalue weighted by atomic mass is 10.1. The van der Waals surface area contributed by atoms with E-state index in [-0.39, 0.29) is 0 Å². The van der Waals surface area contributed by atoms with E-state index in [0.717, 1.165) is 15.7 Å². The molecule has 0 atom stereocenters. The van der Waals surface area contributed by atoms with Crippen molar-refractivity contribution >= 4 is 33.3 Å². The first kappa shape index (κ1) is 10.4. The van der Waals surface area contributed by atoms with Crippen molar-refractivity contribution in [2.24, 2.45) is 0 Å². The van der Waals surface area contributed by atoms with Gasteiger partial charge in [0.05, 0.1) is 10.2 Å². The molecule has 0 bridgehead atoms. The summed E-state index contributed by atoms with van der Waals surface area (Å²) in [6, 6.07) is 9.21. The highest BCUT2D eigenvalue weighted by Gasteiger charge is 2.03. The molecule has 2 N–H and O–H groups in total. The molecule has 0 saturated carbocycles. The van der Waals surface area contributed by atoms with Gasteiger partial charge in [-0.2, -0.15) is 0 Å². The number of anilines is 1. The Hall–Kier alpha value is -1.13. The summed E-state index contributed by atoms with van der Waals surface area (Å²) in [6.45, 7) is 0. The molecule has 76 valence electrons. The van der Waals surface area contributed by atoms with Gasteiger partial charge in [-0.3, -0.25) is 0 Å². The van der Waals surface area contributed by atoms with Gasteiger partial charge in [-0.05, 0) is 34.1 Å². The fourth-order valence-electron chi connectivity index (χ4n) is 1.14. The van der Waals surface area contributed by atoms with Crippen LogP contribution in [0.4, 0.5) is 5.82 Å². The summed E-state index contributed by atoms with van der Waals surface area (Å²) in [5.41, 5.74) is 7.26. The summed E-state index contributed by atoms with van der Waals surface area (Å²) < 4.78 is 0.738. The zero-order valence-corrected chi connectivity index (χ0v) is 9.96. The van der Waals surface area contributed by atoms with Crippen molar-refractivity contribution < 1.29 is 0 Å². The Balaban J connectivity index is 2.45. The molecule has 5 heteroatoms. The van der Waals surface area contributed by atoms with Crippen LogP contribution in [0.25, 0.3) is 11.3 Å². The third kappa shape index (κ3) is 2.27. The molecule has 1 aromatic carbocycles. The minimum Gasteiger partial charge on any atom is -0.381 e. The number of nitrogens with zero attached hydrogens (tertiary/aromatic N) is 2. The lowest BCUT2D eigenvalue weighted by molar-refractivity contribution is 1.04. The second-order valence-corrected chi connectivity index (χ2v) is 4.26. The third-order valence-corrected chi connectivity index (χ3v) is 2.80. The monoisotopic (exact) mass is 283 g/mol. The van der Waals surface area contributed by atoms with Crippen LogP contribution < -0.4 is 5.73 Å². The number of hydrogen-bond donors (Lipinski definition) is 1. The fraction of sp³-hybridized carbons (Fsp3) is 0. The van der Waals surface area contributed by atoms with E-state index >= 15 is 0 Å². The first-order valence-corrected chi connectivity index (χ1v) is 5.38. The number of benzene rings is 1. The normalized spacial score (nSPS) is 10.3. The molecule has 15 heavy (non-hydrogen) atoms. The van der Waals surface area contributed by atoms with Gasteiger partial charge in [0.15, 0.2) is 5.82 Å². The first-order valence-electron chi connectivity index (χ1n) is 4.21. The van der Waals surface area contributed by atoms with Crippen molar-refractivity contribution in [3.63, 3.8) is 0 Å². The Morgan fingerprint density at radius 2 is 1.80 bits per heavy atom. The highest BCUT2D eigenvalue weighted by molar-refractivity contribution is 9.10. The van der Waals surface area contributed by atoms with Gasteiger partial charge in [0.1, 0.15) is 0 Å². The molecule has 0 fully saturated rings. The number of halogens is 2. The fourth-order valence-corrected chi connectivity index (χ4v) is 1.56. The van der Waals surface area contributed by atoms with E-state index in [9.17, 15) is 0 Å². The molecule has 0 unspecified atom stereocenters. The quantitative estimate of drug-likeness (QED) is 0.875. The van der Waals surface area contributed by atoms with E-state index in [0.29, 0.717) is 10.8 Å². The minimum absolute atomic E-state index is 0.382. The number of aromatic nitrogens is 2. The summed E-state index contributed by atoms with van der Waals surface area (Å²) in [6.07, 6.45) is 0. The second-order valence-electron chi connectivity index (χ2n) is 2.97. The Morgan fingerprint density at radius 1 is 1.13 bits per heavy atom. The Kier molecular flexibility index (Phi) is 2.88. The van der Waals surface area contributed by atoms with Gasteiger partial charge in [-0.15, -0.1) is 10.2 Å². The maximum Gasteiger partial charge on any atom is 0.160 e. The van der Waals surface area contributed by atoms with Crippen LogP contribution >= 0.6 is 27.5 Å². The second kappa shape index (κ2) is 4.16. The summed E-state index contributed by atoms with van der Waals surface area (Å²) >= 11 is 9.09. The van der Waals surface area contributed by atoms with Gasteiger partial charge in [0.2, 0.25) is 0 Å². The lowest BCUT2D eigenvalue weighted by Gasteiger charge is -2.01. The number of hydrogen-bond acceptors (Lipinski definition) is 3. The first-order chi connectivity index (χ1) is 7.16. The van der Waals surface area contributed by atoms with Crippen LogP contribution in [-0.4, -0.2) is 10.2 Å². The predicted molar refractivity (Wildman–Crippen MR) is 64.6 cm³/mol. The summed E-state index contributed by atoms with van der Waals surface area (Å²) in [7, 11) is 0. The Labute approximate surface area is 100 Å². The van der Waals surface area contributed by atoms with Crippen molar-refractivity contribution in [3.8, 4) is 11.3 Å². The molecule has 1 aromatic heterocycles.